The van der Waals surface area contributed by atoms with Gasteiger partial charge in [0.2, 0.25) is 0 Å². The third-order valence-corrected chi connectivity index (χ3v) is 8.40. The number of rotatable bonds is 3. The Balaban J connectivity index is 1.57. The Labute approximate surface area is 147 Å². The van der Waals surface area contributed by atoms with E-state index in [2.05, 4.69) is 26.8 Å². The molecule has 0 bridgehead atoms. The first-order valence-corrected chi connectivity index (χ1v) is 10.3. The number of ether oxygens (including phenoxy) is 1. The number of fused-ring (bicyclic) bond motifs is 5. The zero-order valence-corrected chi connectivity index (χ0v) is 15.8. The summed E-state index contributed by atoms with van der Waals surface area (Å²) < 4.78 is 5.72. The zero-order chi connectivity index (χ0) is 16.9. The van der Waals surface area contributed by atoms with E-state index in [1.54, 1.807) is 5.57 Å². The van der Waals surface area contributed by atoms with Crippen molar-refractivity contribution in [1.82, 2.24) is 0 Å². The molecule has 134 valence electrons. The van der Waals surface area contributed by atoms with E-state index >= 15 is 0 Å². The van der Waals surface area contributed by atoms with Crippen molar-refractivity contribution in [1.29, 1.82) is 0 Å². The molecule has 2 heteroatoms. The Morgan fingerprint density at radius 3 is 2.79 bits per heavy atom. The summed E-state index contributed by atoms with van der Waals surface area (Å²) in [5.74, 6) is 3.46. The summed E-state index contributed by atoms with van der Waals surface area (Å²) in [5, 5.41) is 0. The molecule has 0 N–H and O–H groups in total. The van der Waals surface area contributed by atoms with Crippen molar-refractivity contribution in [2.24, 2.45) is 34.5 Å². The average Bonchev–Trinajstić information content (AvgIpc) is 2.88. The summed E-state index contributed by atoms with van der Waals surface area (Å²) in [6.07, 6.45) is 12.2. The summed E-state index contributed by atoms with van der Waals surface area (Å²) in [6, 6.07) is 0. The predicted octanol–water partition coefficient (Wildman–Crippen LogP) is 5.17. The second-order valence-electron chi connectivity index (χ2n) is 9.45. The Hall–Kier alpha value is -0.630. The second kappa shape index (κ2) is 5.97. The number of carbonyl (C=O) groups excluding carboxylic acids is 1. The van der Waals surface area contributed by atoms with Gasteiger partial charge in [-0.1, -0.05) is 25.5 Å². The zero-order valence-electron chi connectivity index (χ0n) is 15.8. The normalized spacial score (nSPS) is 47.6. The SMILES string of the molecule is CCOCC1CCC2(C)C3=CCC4(C)C(=O)CCC4C3CCC2C1. The number of ketones is 1. The van der Waals surface area contributed by atoms with E-state index in [9.17, 15) is 4.79 Å². The van der Waals surface area contributed by atoms with Crippen molar-refractivity contribution in [3.8, 4) is 0 Å². The Bertz CT molecular complexity index is 550. The van der Waals surface area contributed by atoms with Crippen LogP contribution >= 0.6 is 0 Å². The molecule has 0 aromatic rings. The molecule has 0 amide bonds. The highest BCUT2D eigenvalue weighted by Gasteiger charge is 2.57. The topological polar surface area (TPSA) is 26.3 Å². The first-order valence-electron chi connectivity index (χ1n) is 10.3. The third-order valence-electron chi connectivity index (χ3n) is 8.40. The maximum atomic E-state index is 12.5. The first-order chi connectivity index (χ1) is 11.5. The highest BCUT2D eigenvalue weighted by atomic mass is 16.5. The first kappa shape index (κ1) is 16.8. The molecule has 3 fully saturated rings. The molecule has 0 saturated heterocycles. The van der Waals surface area contributed by atoms with Crippen LogP contribution in [0.1, 0.15) is 72.1 Å². The van der Waals surface area contributed by atoms with Crippen LogP contribution in [0.4, 0.5) is 0 Å². The lowest BCUT2D eigenvalue weighted by atomic mass is 9.48. The van der Waals surface area contributed by atoms with Crippen LogP contribution in [0.15, 0.2) is 11.6 Å². The van der Waals surface area contributed by atoms with Gasteiger partial charge in [-0.05, 0) is 81.0 Å². The molecule has 0 heterocycles. The van der Waals surface area contributed by atoms with Crippen LogP contribution < -0.4 is 0 Å². The van der Waals surface area contributed by atoms with Crippen LogP contribution in [0.5, 0.6) is 0 Å². The van der Waals surface area contributed by atoms with E-state index in [0.717, 1.165) is 44.3 Å². The summed E-state index contributed by atoms with van der Waals surface area (Å²) in [4.78, 5) is 12.5. The molecule has 0 radical (unpaired) electrons. The number of Topliss-reactive ketones (excluding diaryl/α,β-unsaturated/α-hetero) is 1. The van der Waals surface area contributed by atoms with E-state index in [1.165, 1.54) is 32.1 Å². The van der Waals surface area contributed by atoms with Gasteiger partial charge in [0.25, 0.3) is 0 Å². The maximum absolute atomic E-state index is 12.5. The Kier molecular flexibility index (Phi) is 4.18. The molecule has 4 aliphatic rings. The Morgan fingerprint density at radius 1 is 1.17 bits per heavy atom. The lowest BCUT2D eigenvalue weighted by Crippen LogP contribution is -2.48. The minimum absolute atomic E-state index is 0.0382. The van der Waals surface area contributed by atoms with E-state index in [0.29, 0.717) is 23.0 Å². The number of carbonyl (C=O) groups is 1. The van der Waals surface area contributed by atoms with Crippen LogP contribution in [0.2, 0.25) is 0 Å². The molecular formula is C22H34O2. The summed E-state index contributed by atoms with van der Waals surface area (Å²) in [7, 11) is 0. The summed E-state index contributed by atoms with van der Waals surface area (Å²) >= 11 is 0. The maximum Gasteiger partial charge on any atom is 0.139 e. The number of hydrogen-bond donors (Lipinski definition) is 0. The van der Waals surface area contributed by atoms with Gasteiger partial charge >= 0.3 is 0 Å². The van der Waals surface area contributed by atoms with Gasteiger partial charge in [-0.15, -0.1) is 0 Å². The van der Waals surface area contributed by atoms with Gasteiger partial charge in [0, 0.05) is 25.0 Å². The van der Waals surface area contributed by atoms with Gasteiger partial charge in [-0.25, -0.2) is 0 Å². The average molecular weight is 331 g/mol. The van der Waals surface area contributed by atoms with Gasteiger partial charge in [0.1, 0.15) is 5.78 Å². The number of hydrogen-bond acceptors (Lipinski definition) is 2. The molecule has 0 spiro atoms. The van der Waals surface area contributed by atoms with Gasteiger partial charge in [0.05, 0.1) is 0 Å². The molecule has 24 heavy (non-hydrogen) atoms. The van der Waals surface area contributed by atoms with Gasteiger partial charge in [-0.3, -0.25) is 4.79 Å². The van der Waals surface area contributed by atoms with Crippen molar-refractivity contribution in [2.75, 3.05) is 13.2 Å². The van der Waals surface area contributed by atoms with E-state index < -0.39 is 0 Å². The smallest absolute Gasteiger partial charge is 0.139 e. The standard InChI is InChI=1S/C22H34O2/c1-4-24-14-15-9-11-21(2)16(13-15)5-6-17-18-7-8-20(23)22(18,3)12-10-19(17)21/h10,15-18H,4-9,11-14H2,1-3H3. The van der Waals surface area contributed by atoms with Crippen molar-refractivity contribution in [3.05, 3.63) is 11.6 Å². The Morgan fingerprint density at radius 2 is 2.00 bits per heavy atom. The van der Waals surface area contributed by atoms with Gasteiger partial charge in [-0.2, -0.15) is 0 Å². The molecule has 0 aromatic heterocycles. The highest BCUT2D eigenvalue weighted by Crippen LogP contribution is 2.63. The molecule has 4 rings (SSSR count). The summed E-state index contributed by atoms with van der Waals surface area (Å²) in [6.45, 7) is 8.71. The fourth-order valence-electron chi connectivity index (χ4n) is 6.83. The van der Waals surface area contributed by atoms with E-state index in [4.69, 9.17) is 4.74 Å². The molecule has 4 aliphatic carbocycles. The van der Waals surface area contributed by atoms with Crippen LogP contribution in [0.3, 0.4) is 0 Å². The fraction of sp³-hybridized carbons (Fsp3) is 0.864. The largest absolute Gasteiger partial charge is 0.381 e. The van der Waals surface area contributed by atoms with Crippen LogP contribution in [-0.4, -0.2) is 19.0 Å². The fourth-order valence-corrected chi connectivity index (χ4v) is 6.83. The predicted molar refractivity (Wildman–Crippen MR) is 96.7 cm³/mol. The minimum Gasteiger partial charge on any atom is -0.381 e. The molecule has 2 nitrogen and oxygen atoms in total. The molecule has 6 unspecified atom stereocenters. The molecule has 0 aliphatic heterocycles. The van der Waals surface area contributed by atoms with Crippen LogP contribution in [0, 0.1) is 34.5 Å². The monoisotopic (exact) mass is 330 g/mol. The molecule has 3 saturated carbocycles. The van der Waals surface area contributed by atoms with Crippen LogP contribution in [0.25, 0.3) is 0 Å². The summed E-state index contributed by atoms with van der Waals surface area (Å²) in [5.41, 5.74) is 2.12. The van der Waals surface area contributed by atoms with Crippen LogP contribution in [-0.2, 0) is 9.53 Å². The van der Waals surface area contributed by atoms with E-state index in [1.807, 2.05) is 0 Å². The number of allylic oxidation sites excluding steroid dienone is 2. The quantitative estimate of drug-likeness (QED) is 0.667. The second-order valence-corrected chi connectivity index (χ2v) is 9.45. The van der Waals surface area contributed by atoms with Gasteiger partial charge < -0.3 is 4.74 Å². The van der Waals surface area contributed by atoms with Crippen molar-refractivity contribution < 1.29 is 9.53 Å². The van der Waals surface area contributed by atoms with Crippen molar-refractivity contribution >= 4 is 5.78 Å². The third kappa shape index (κ3) is 2.35. The molecular weight excluding hydrogens is 296 g/mol. The van der Waals surface area contributed by atoms with E-state index in [-0.39, 0.29) is 5.41 Å². The molecule has 6 atom stereocenters. The lowest BCUT2D eigenvalue weighted by molar-refractivity contribution is -0.127. The van der Waals surface area contributed by atoms with Crippen molar-refractivity contribution in [3.63, 3.8) is 0 Å². The minimum atomic E-state index is -0.0382. The lowest BCUT2D eigenvalue weighted by Gasteiger charge is -2.56. The van der Waals surface area contributed by atoms with Gasteiger partial charge in [0.15, 0.2) is 0 Å². The molecule has 0 aromatic carbocycles. The van der Waals surface area contributed by atoms with Crippen molar-refractivity contribution in [2.45, 2.75) is 72.1 Å². The highest BCUT2D eigenvalue weighted by molar-refractivity contribution is 5.87.